The lowest BCUT2D eigenvalue weighted by Crippen LogP contribution is -2.34. The van der Waals surface area contributed by atoms with Gasteiger partial charge in [-0.2, -0.15) is 0 Å². The molecular weight excluding hydrogens is 414 g/mol. The van der Waals surface area contributed by atoms with E-state index in [0.29, 0.717) is 28.4 Å². The number of carbonyl (C=O) groups excluding carboxylic acids is 2. The van der Waals surface area contributed by atoms with Crippen molar-refractivity contribution < 1.29 is 24.2 Å². The van der Waals surface area contributed by atoms with E-state index in [2.05, 4.69) is 5.32 Å². The summed E-state index contributed by atoms with van der Waals surface area (Å²) < 4.78 is 5.18. The molecule has 0 bridgehead atoms. The van der Waals surface area contributed by atoms with Crippen LogP contribution in [0.1, 0.15) is 30.1 Å². The summed E-state index contributed by atoms with van der Waals surface area (Å²) in [6.07, 6.45) is 4.23. The van der Waals surface area contributed by atoms with E-state index >= 15 is 0 Å². The van der Waals surface area contributed by atoms with Gasteiger partial charge in [-0.3, -0.25) is 9.59 Å². The van der Waals surface area contributed by atoms with E-state index in [1.807, 2.05) is 6.08 Å². The molecule has 0 spiro atoms. The topological polar surface area (TPSA) is 92.7 Å². The van der Waals surface area contributed by atoms with Crippen molar-refractivity contribution in [2.45, 2.75) is 19.8 Å². The van der Waals surface area contributed by atoms with Gasteiger partial charge in [0.1, 0.15) is 10.6 Å². The minimum Gasteiger partial charge on any atom is -0.481 e. The first-order valence-electron chi connectivity index (χ1n) is 9.15. The number of hydrogen-bond acceptors (Lipinski definition) is 5. The summed E-state index contributed by atoms with van der Waals surface area (Å²) >= 11 is 7.15. The highest BCUT2D eigenvalue weighted by Gasteiger charge is 2.35. The predicted molar refractivity (Wildman–Crippen MR) is 112 cm³/mol. The van der Waals surface area contributed by atoms with Gasteiger partial charge in [0.2, 0.25) is 5.91 Å². The molecule has 0 radical (unpaired) electrons. The number of ether oxygens (including phenoxy) is 1. The molecule has 1 aliphatic rings. The maximum Gasteiger partial charge on any atom is 0.341 e. The third-order valence-electron chi connectivity index (χ3n) is 4.75. The van der Waals surface area contributed by atoms with Crippen molar-refractivity contribution in [3.05, 3.63) is 52.4 Å². The molecule has 152 valence electrons. The van der Waals surface area contributed by atoms with Crippen LogP contribution in [0.5, 0.6) is 0 Å². The van der Waals surface area contributed by atoms with Gasteiger partial charge in [-0.25, -0.2) is 4.79 Å². The van der Waals surface area contributed by atoms with Gasteiger partial charge in [0, 0.05) is 16.0 Å². The van der Waals surface area contributed by atoms with Crippen molar-refractivity contribution >= 4 is 45.8 Å². The monoisotopic (exact) mass is 433 g/mol. The van der Waals surface area contributed by atoms with E-state index in [1.165, 1.54) is 11.3 Å². The van der Waals surface area contributed by atoms with Crippen LogP contribution < -0.4 is 5.32 Å². The average Bonchev–Trinajstić information content (AvgIpc) is 3.12. The smallest absolute Gasteiger partial charge is 0.341 e. The number of carboxylic acids is 1. The number of amides is 1. The number of thiophene rings is 1. The molecule has 2 aromatic rings. The number of rotatable bonds is 6. The molecule has 1 aromatic heterocycles. The minimum atomic E-state index is -1.01. The molecule has 0 saturated carbocycles. The molecule has 2 N–H and O–H groups in total. The summed E-state index contributed by atoms with van der Waals surface area (Å²) in [6, 6.07) is 7.00. The fourth-order valence-electron chi connectivity index (χ4n) is 3.28. The molecule has 0 fully saturated rings. The van der Waals surface area contributed by atoms with Crippen molar-refractivity contribution in [2.24, 2.45) is 11.8 Å². The van der Waals surface area contributed by atoms with Crippen LogP contribution in [-0.4, -0.2) is 29.6 Å². The summed E-state index contributed by atoms with van der Waals surface area (Å²) in [5, 5.41) is 14.9. The number of hydrogen-bond donors (Lipinski definition) is 2. The number of allylic oxidation sites excluding steroid dienone is 2. The number of nitrogens with one attached hydrogen (secondary N) is 1. The number of esters is 1. The quantitative estimate of drug-likeness (QED) is 0.501. The molecule has 1 aliphatic carbocycles. The summed E-state index contributed by atoms with van der Waals surface area (Å²) in [5.41, 5.74) is 1.64. The number of anilines is 1. The Morgan fingerprint density at radius 2 is 1.83 bits per heavy atom. The molecule has 0 saturated heterocycles. The molecule has 29 heavy (non-hydrogen) atoms. The van der Waals surface area contributed by atoms with E-state index in [1.54, 1.807) is 42.6 Å². The number of aliphatic carboxylic acids is 1. The maximum absolute atomic E-state index is 12.8. The first-order valence-corrected chi connectivity index (χ1v) is 10.4. The normalized spacial score (nSPS) is 18.3. The number of carboxylic acid groups (broad SMARTS) is 1. The molecule has 0 unspecified atom stereocenters. The van der Waals surface area contributed by atoms with Crippen molar-refractivity contribution in [1.29, 1.82) is 0 Å². The fraction of sp³-hybridized carbons (Fsp3) is 0.286. The van der Waals surface area contributed by atoms with Crippen LogP contribution in [0.3, 0.4) is 0 Å². The fourth-order valence-corrected chi connectivity index (χ4v) is 4.37. The molecule has 8 heteroatoms. The van der Waals surface area contributed by atoms with Crippen LogP contribution in [0.25, 0.3) is 11.1 Å². The zero-order chi connectivity index (χ0) is 21.0. The van der Waals surface area contributed by atoms with Crippen LogP contribution >= 0.6 is 22.9 Å². The Balaban J connectivity index is 1.93. The molecule has 1 amide bonds. The van der Waals surface area contributed by atoms with Gasteiger partial charge in [-0.1, -0.05) is 35.9 Å². The standard InChI is InChI=1S/C21H20ClNO5S/c1-2-28-21(27)17-16(12-7-9-13(22)10-8-12)11-29-19(17)23-18(24)14-5-3-4-6-15(14)20(25)26/h3-4,7-11,14-15H,2,5-6H2,1H3,(H,23,24)(H,25,26)/t14-,15-/m1/s1. The highest BCUT2D eigenvalue weighted by molar-refractivity contribution is 7.15. The van der Waals surface area contributed by atoms with Gasteiger partial charge in [0.05, 0.1) is 18.4 Å². The summed E-state index contributed by atoms with van der Waals surface area (Å²) in [5.74, 6) is -3.47. The van der Waals surface area contributed by atoms with E-state index in [9.17, 15) is 19.5 Å². The SMILES string of the molecule is CCOC(=O)c1c(-c2ccc(Cl)cc2)csc1NC(=O)[C@@H]1CC=CC[C@H]1C(=O)O. The van der Waals surface area contributed by atoms with Gasteiger partial charge in [-0.15, -0.1) is 11.3 Å². The van der Waals surface area contributed by atoms with E-state index in [0.717, 1.165) is 5.56 Å². The Morgan fingerprint density at radius 3 is 2.45 bits per heavy atom. The lowest BCUT2D eigenvalue weighted by molar-refractivity contribution is -0.146. The highest BCUT2D eigenvalue weighted by atomic mass is 35.5. The Hall–Kier alpha value is -2.64. The summed E-state index contributed by atoms with van der Waals surface area (Å²) in [7, 11) is 0. The van der Waals surface area contributed by atoms with Crippen LogP contribution in [0.15, 0.2) is 41.8 Å². The van der Waals surface area contributed by atoms with Gasteiger partial charge in [-0.05, 0) is 37.5 Å². The van der Waals surface area contributed by atoms with Crippen LogP contribution in [0.4, 0.5) is 5.00 Å². The second-order valence-corrected chi connectivity index (χ2v) is 7.88. The zero-order valence-corrected chi connectivity index (χ0v) is 17.3. The van der Waals surface area contributed by atoms with Crippen LogP contribution in [0, 0.1) is 11.8 Å². The van der Waals surface area contributed by atoms with Crippen LogP contribution in [-0.2, 0) is 14.3 Å². The average molecular weight is 434 g/mol. The molecule has 1 heterocycles. The van der Waals surface area contributed by atoms with Gasteiger partial charge < -0.3 is 15.2 Å². The second-order valence-electron chi connectivity index (χ2n) is 6.56. The first kappa shape index (κ1) is 21.1. The van der Waals surface area contributed by atoms with E-state index < -0.39 is 29.7 Å². The van der Waals surface area contributed by atoms with E-state index in [-0.39, 0.29) is 12.2 Å². The third-order valence-corrected chi connectivity index (χ3v) is 5.90. The third kappa shape index (κ3) is 4.68. The maximum atomic E-state index is 12.8. The molecule has 3 rings (SSSR count). The summed E-state index contributed by atoms with van der Waals surface area (Å²) in [6.45, 7) is 1.90. The van der Waals surface area contributed by atoms with Gasteiger partial charge >= 0.3 is 11.9 Å². The Bertz CT molecular complexity index is 950. The Kier molecular flexibility index (Phi) is 6.71. The van der Waals surface area contributed by atoms with Crippen molar-refractivity contribution in [3.63, 3.8) is 0 Å². The number of carbonyl (C=O) groups is 3. The molecular formula is C21H20ClNO5S. The first-order chi connectivity index (χ1) is 13.9. The van der Waals surface area contributed by atoms with Gasteiger partial charge in [0.15, 0.2) is 0 Å². The lowest BCUT2D eigenvalue weighted by Gasteiger charge is -2.24. The number of benzene rings is 1. The van der Waals surface area contributed by atoms with Crippen molar-refractivity contribution in [1.82, 2.24) is 0 Å². The number of halogens is 1. The van der Waals surface area contributed by atoms with Gasteiger partial charge in [0.25, 0.3) is 0 Å². The molecule has 6 nitrogen and oxygen atoms in total. The Morgan fingerprint density at radius 1 is 1.17 bits per heavy atom. The zero-order valence-electron chi connectivity index (χ0n) is 15.7. The van der Waals surface area contributed by atoms with Crippen LogP contribution in [0.2, 0.25) is 5.02 Å². The predicted octanol–water partition coefficient (Wildman–Crippen LogP) is 4.85. The molecule has 0 aliphatic heterocycles. The second kappa shape index (κ2) is 9.24. The largest absolute Gasteiger partial charge is 0.481 e. The summed E-state index contributed by atoms with van der Waals surface area (Å²) in [4.78, 5) is 37.0. The lowest BCUT2D eigenvalue weighted by atomic mass is 9.82. The minimum absolute atomic E-state index is 0.191. The van der Waals surface area contributed by atoms with E-state index in [4.69, 9.17) is 16.3 Å². The van der Waals surface area contributed by atoms with Crippen molar-refractivity contribution in [2.75, 3.05) is 11.9 Å². The van der Waals surface area contributed by atoms with Crippen molar-refractivity contribution in [3.8, 4) is 11.1 Å². The Labute approximate surface area is 177 Å². The molecule has 1 aromatic carbocycles. The highest BCUT2D eigenvalue weighted by Crippen LogP contribution is 2.37. The molecule has 2 atom stereocenters.